The average Bonchev–Trinajstić information content (AvgIpc) is 2.26. The summed E-state index contributed by atoms with van der Waals surface area (Å²) in [6, 6.07) is 0. The number of aliphatic hydroxyl groups excluding tert-OH is 1. The average molecular weight is 230 g/mol. The fraction of sp³-hybridized carbons (Fsp3) is 0.500. The molecule has 0 aliphatic heterocycles. The highest BCUT2D eigenvalue weighted by molar-refractivity contribution is 5.92. The number of hydrogen-bond donors (Lipinski definition) is 1. The summed E-state index contributed by atoms with van der Waals surface area (Å²) in [5.74, 6) is 0. The van der Waals surface area contributed by atoms with E-state index in [0.29, 0.717) is 18.7 Å². The van der Waals surface area contributed by atoms with Crippen LogP contribution in [0.5, 0.6) is 0 Å². The van der Waals surface area contributed by atoms with Crippen molar-refractivity contribution in [3.8, 4) is 0 Å². The van der Waals surface area contributed by atoms with E-state index in [4.69, 9.17) is 10.6 Å². The molecule has 0 spiro atoms. The highest BCUT2D eigenvalue weighted by Gasteiger charge is 2.11. The Morgan fingerprint density at radius 3 is 2.67 bits per heavy atom. The van der Waals surface area contributed by atoms with E-state index in [-0.39, 0.29) is 19.0 Å². The van der Waals surface area contributed by atoms with Crippen molar-refractivity contribution in [3.63, 3.8) is 0 Å². The van der Waals surface area contributed by atoms with Gasteiger partial charge in [0.15, 0.2) is 0 Å². The summed E-state index contributed by atoms with van der Waals surface area (Å²) in [6.45, 7) is 3.70. The van der Waals surface area contributed by atoms with Crippen LogP contribution in [0.3, 0.4) is 0 Å². The summed E-state index contributed by atoms with van der Waals surface area (Å²) in [7, 11) is 0. The first-order chi connectivity index (χ1) is 6.81. The minimum Gasteiger partial charge on any atom is -0.395 e. The van der Waals surface area contributed by atoms with Crippen molar-refractivity contribution in [2.75, 3.05) is 19.7 Å². The molecule has 0 unspecified atom stereocenters. The van der Waals surface area contributed by atoms with Crippen LogP contribution >= 0.6 is 12.4 Å². The minimum absolute atomic E-state index is 0. The van der Waals surface area contributed by atoms with Crippen molar-refractivity contribution in [3.05, 3.63) is 29.5 Å². The molecule has 0 atom stereocenters. The number of rotatable bonds is 4. The standard InChI is InChI=1S/C10H15N3O.ClH/c1-2-13(7-8-14)10-5-3-9(12-11)4-6-10;/h3,5-6,14H,2,4,7-8H2,1H3;1H. The molecular formula is C10H16ClN3O. The molecule has 1 aliphatic carbocycles. The van der Waals surface area contributed by atoms with Crippen molar-refractivity contribution >= 4 is 18.1 Å². The molecule has 5 heteroatoms. The van der Waals surface area contributed by atoms with Crippen LogP contribution in [0.25, 0.3) is 5.53 Å². The van der Waals surface area contributed by atoms with E-state index < -0.39 is 0 Å². The van der Waals surface area contributed by atoms with Crippen LogP contribution < -0.4 is 0 Å². The lowest BCUT2D eigenvalue weighted by Crippen LogP contribution is -2.26. The van der Waals surface area contributed by atoms with Gasteiger partial charge in [0, 0.05) is 24.9 Å². The van der Waals surface area contributed by atoms with Crippen molar-refractivity contribution in [1.29, 1.82) is 0 Å². The number of halogens is 1. The lowest BCUT2D eigenvalue weighted by atomic mass is 10.1. The zero-order valence-corrected chi connectivity index (χ0v) is 9.57. The van der Waals surface area contributed by atoms with Gasteiger partial charge in [-0.2, -0.15) is 4.79 Å². The number of nitrogens with zero attached hydrogens (tertiary/aromatic N) is 3. The van der Waals surface area contributed by atoms with E-state index >= 15 is 0 Å². The normalized spacial score (nSPS) is 14.0. The fourth-order valence-corrected chi connectivity index (χ4v) is 1.43. The Balaban J connectivity index is 0.00000196. The highest BCUT2D eigenvalue weighted by Crippen LogP contribution is 2.11. The first-order valence-corrected chi connectivity index (χ1v) is 4.76. The number of likely N-dealkylation sites (N-methyl/N-ethyl adjacent to an activating group) is 1. The Hall–Kier alpha value is -1.09. The maximum absolute atomic E-state index is 8.84. The zero-order valence-electron chi connectivity index (χ0n) is 8.76. The topological polar surface area (TPSA) is 59.9 Å². The lowest BCUT2D eigenvalue weighted by Gasteiger charge is -2.23. The van der Waals surface area contributed by atoms with Gasteiger partial charge in [-0.15, -0.1) is 12.4 Å². The largest absolute Gasteiger partial charge is 0.395 e. The Kier molecular flexibility index (Phi) is 6.71. The molecule has 0 aromatic carbocycles. The Morgan fingerprint density at radius 1 is 1.53 bits per heavy atom. The van der Waals surface area contributed by atoms with Gasteiger partial charge in [-0.3, -0.25) is 0 Å². The van der Waals surface area contributed by atoms with Crippen molar-refractivity contribution < 1.29 is 9.90 Å². The van der Waals surface area contributed by atoms with E-state index in [9.17, 15) is 0 Å². The van der Waals surface area contributed by atoms with Gasteiger partial charge in [-0.05, 0) is 19.1 Å². The van der Waals surface area contributed by atoms with Gasteiger partial charge in [0.25, 0.3) is 5.71 Å². The molecule has 0 saturated heterocycles. The second kappa shape index (κ2) is 7.23. The number of aliphatic hydroxyl groups is 1. The van der Waals surface area contributed by atoms with E-state index in [1.807, 2.05) is 19.1 Å². The highest BCUT2D eigenvalue weighted by atomic mass is 35.5. The number of hydrogen-bond acceptors (Lipinski definition) is 2. The molecule has 15 heavy (non-hydrogen) atoms. The minimum atomic E-state index is 0. The lowest BCUT2D eigenvalue weighted by molar-refractivity contribution is -0.00547. The van der Waals surface area contributed by atoms with Gasteiger partial charge in [0.1, 0.15) is 0 Å². The van der Waals surface area contributed by atoms with Gasteiger partial charge in [-0.25, -0.2) is 0 Å². The summed E-state index contributed by atoms with van der Waals surface area (Å²) in [5.41, 5.74) is 10.3. The van der Waals surface area contributed by atoms with Crippen LogP contribution in [0.4, 0.5) is 0 Å². The summed E-state index contributed by atoms with van der Waals surface area (Å²) in [6.07, 6.45) is 6.32. The predicted molar refractivity (Wildman–Crippen MR) is 62.0 cm³/mol. The second-order valence-electron chi connectivity index (χ2n) is 3.06. The molecule has 0 aromatic rings. The Morgan fingerprint density at radius 2 is 2.27 bits per heavy atom. The van der Waals surface area contributed by atoms with Crippen molar-refractivity contribution in [2.24, 2.45) is 0 Å². The summed E-state index contributed by atoms with van der Waals surface area (Å²) in [4.78, 5) is 5.20. The van der Waals surface area contributed by atoms with E-state index in [1.165, 1.54) is 0 Å². The van der Waals surface area contributed by atoms with E-state index in [2.05, 4.69) is 9.69 Å². The van der Waals surface area contributed by atoms with Crippen LogP contribution in [-0.4, -0.2) is 40.2 Å². The molecule has 1 N–H and O–H groups in total. The van der Waals surface area contributed by atoms with Crippen LogP contribution in [0.15, 0.2) is 23.9 Å². The fourth-order valence-electron chi connectivity index (χ4n) is 1.43. The predicted octanol–water partition coefficient (Wildman–Crippen LogP) is 1.24. The van der Waals surface area contributed by atoms with E-state index in [1.54, 1.807) is 6.08 Å². The van der Waals surface area contributed by atoms with E-state index in [0.717, 1.165) is 12.2 Å². The third kappa shape index (κ3) is 3.88. The molecular weight excluding hydrogens is 214 g/mol. The van der Waals surface area contributed by atoms with Crippen LogP contribution in [-0.2, 0) is 0 Å². The SMILES string of the molecule is CCN(CCO)C1=CCC(=[N+]=[N-])C=C1.Cl. The Labute approximate surface area is 95.9 Å². The molecule has 0 amide bonds. The molecule has 0 saturated carbocycles. The molecule has 1 rings (SSSR count). The van der Waals surface area contributed by atoms with Gasteiger partial charge in [0.05, 0.1) is 13.0 Å². The third-order valence-electron chi connectivity index (χ3n) is 2.21. The molecule has 1 aliphatic rings. The van der Waals surface area contributed by atoms with Gasteiger partial charge in [0.2, 0.25) is 0 Å². The van der Waals surface area contributed by atoms with Gasteiger partial charge in [-0.1, -0.05) is 0 Å². The Bertz CT molecular complexity index is 306. The second-order valence-corrected chi connectivity index (χ2v) is 3.06. The number of allylic oxidation sites excluding steroid dienone is 3. The van der Waals surface area contributed by atoms with Crippen LogP contribution in [0.1, 0.15) is 13.3 Å². The molecule has 0 bridgehead atoms. The van der Waals surface area contributed by atoms with Crippen LogP contribution in [0.2, 0.25) is 0 Å². The maximum atomic E-state index is 8.84. The van der Waals surface area contributed by atoms with Gasteiger partial charge >= 0.3 is 0 Å². The first kappa shape index (κ1) is 13.9. The summed E-state index contributed by atoms with van der Waals surface area (Å²) in [5, 5.41) is 8.84. The quantitative estimate of drug-likeness (QED) is 0.583. The molecule has 0 heterocycles. The molecule has 84 valence electrons. The molecule has 0 radical (unpaired) electrons. The summed E-state index contributed by atoms with van der Waals surface area (Å²) >= 11 is 0. The van der Waals surface area contributed by atoms with Gasteiger partial charge < -0.3 is 15.5 Å². The molecule has 4 nitrogen and oxygen atoms in total. The smallest absolute Gasteiger partial charge is 0.295 e. The monoisotopic (exact) mass is 229 g/mol. The van der Waals surface area contributed by atoms with Crippen molar-refractivity contribution in [1.82, 2.24) is 4.90 Å². The zero-order chi connectivity index (χ0) is 10.4. The van der Waals surface area contributed by atoms with Crippen molar-refractivity contribution in [2.45, 2.75) is 13.3 Å². The molecule has 0 fully saturated rings. The van der Waals surface area contributed by atoms with Crippen LogP contribution in [0, 0.1) is 0 Å². The third-order valence-corrected chi connectivity index (χ3v) is 2.21. The summed E-state index contributed by atoms with van der Waals surface area (Å²) < 4.78 is 0. The maximum Gasteiger partial charge on any atom is 0.295 e. The molecule has 0 aromatic heterocycles. The first-order valence-electron chi connectivity index (χ1n) is 4.76.